The highest BCUT2D eigenvalue weighted by atomic mass is 79.9. The molecule has 90 valence electrons. The van der Waals surface area contributed by atoms with Crippen molar-refractivity contribution in [3.05, 3.63) is 40.9 Å². The van der Waals surface area contributed by atoms with Crippen LogP contribution in [0.4, 0.5) is 5.82 Å². The standard InChI is InChI=1S/C13H9BrN2O2/c14-9-2-1-7-5-11(17)10(4-8(7)3-9)12-6-13(15)16-18-12/h1-6,17H,(H2,15,16). The number of phenolic OH excluding ortho intramolecular Hbond substituents is 1. The second-order valence-electron chi connectivity index (χ2n) is 3.98. The molecule has 0 saturated carbocycles. The zero-order valence-corrected chi connectivity index (χ0v) is 10.8. The maximum atomic E-state index is 10.0. The fraction of sp³-hybridized carbons (Fsp3) is 0. The molecule has 2 aromatic carbocycles. The highest BCUT2D eigenvalue weighted by Gasteiger charge is 2.11. The first-order chi connectivity index (χ1) is 8.63. The Morgan fingerprint density at radius 3 is 2.67 bits per heavy atom. The summed E-state index contributed by atoms with van der Waals surface area (Å²) < 4.78 is 6.04. The summed E-state index contributed by atoms with van der Waals surface area (Å²) in [7, 11) is 0. The van der Waals surface area contributed by atoms with Gasteiger partial charge in [0.15, 0.2) is 11.6 Å². The Bertz CT molecular complexity index is 737. The van der Waals surface area contributed by atoms with Crippen LogP contribution in [0.15, 0.2) is 45.4 Å². The molecule has 3 rings (SSSR count). The van der Waals surface area contributed by atoms with Gasteiger partial charge in [0.2, 0.25) is 0 Å². The van der Waals surface area contributed by atoms with Crippen molar-refractivity contribution in [2.75, 3.05) is 5.73 Å². The number of phenols is 1. The van der Waals surface area contributed by atoms with Crippen molar-refractivity contribution in [1.29, 1.82) is 0 Å². The summed E-state index contributed by atoms with van der Waals surface area (Å²) in [5.74, 6) is 0.881. The number of hydrogen-bond acceptors (Lipinski definition) is 4. The fourth-order valence-electron chi connectivity index (χ4n) is 1.87. The minimum absolute atomic E-state index is 0.140. The monoisotopic (exact) mass is 304 g/mol. The van der Waals surface area contributed by atoms with Gasteiger partial charge in [0.1, 0.15) is 5.75 Å². The molecule has 18 heavy (non-hydrogen) atoms. The highest BCUT2D eigenvalue weighted by molar-refractivity contribution is 9.10. The van der Waals surface area contributed by atoms with Crippen molar-refractivity contribution in [1.82, 2.24) is 5.16 Å². The summed E-state index contributed by atoms with van der Waals surface area (Å²) in [6.45, 7) is 0. The number of fused-ring (bicyclic) bond motifs is 1. The zero-order valence-electron chi connectivity index (χ0n) is 9.22. The number of aromatic nitrogens is 1. The average molecular weight is 305 g/mol. The van der Waals surface area contributed by atoms with E-state index in [0.29, 0.717) is 17.1 Å². The summed E-state index contributed by atoms with van der Waals surface area (Å²) in [4.78, 5) is 0. The van der Waals surface area contributed by atoms with Crippen molar-refractivity contribution in [3.8, 4) is 17.1 Å². The van der Waals surface area contributed by atoms with Crippen LogP contribution in [0.2, 0.25) is 0 Å². The number of rotatable bonds is 1. The molecule has 0 bridgehead atoms. The van der Waals surface area contributed by atoms with E-state index in [0.717, 1.165) is 15.2 Å². The molecule has 5 heteroatoms. The van der Waals surface area contributed by atoms with E-state index in [1.165, 1.54) is 0 Å². The van der Waals surface area contributed by atoms with E-state index in [1.807, 2.05) is 24.3 Å². The smallest absolute Gasteiger partial charge is 0.172 e. The first kappa shape index (κ1) is 11.1. The second-order valence-corrected chi connectivity index (χ2v) is 4.89. The number of hydrogen-bond donors (Lipinski definition) is 2. The summed E-state index contributed by atoms with van der Waals surface area (Å²) >= 11 is 3.42. The molecule has 4 nitrogen and oxygen atoms in total. The van der Waals surface area contributed by atoms with Crippen LogP contribution in [-0.4, -0.2) is 10.3 Å². The van der Waals surface area contributed by atoms with Crippen LogP contribution in [-0.2, 0) is 0 Å². The van der Waals surface area contributed by atoms with E-state index in [-0.39, 0.29) is 5.75 Å². The normalized spacial score (nSPS) is 10.9. The van der Waals surface area contributed by atoms with Gasteiger partial charge in [0.05, 0.1) is 5.56 Å². The average Bonchev–Trinajstić information content (AvgIpc) is 2.75. The summed E-state index contributed by atoms with van der Waals surface area (Å²) in [6, 6.07) is 10.9. The highest BCUT2D eigenvalue weighted by Crippen LogP contribution is 2.34. The molecule has 1 aromatic heterocycles. The molecule has 0 aliphatic heterocycles. The second kappa shape index (κ2) is 4.03. The van der Waals surface area contributed by atoms with Crippen molar-refractivity contribution < 1.29 is 9.63 Å². The third-order valence-electron chi connectivity index (χ3n) is 2.71. The van der Waals surface area contributed by atoms with Crippen LogP contribution < -0.4 is 5.73 Å². The number of halogens is 1. The molecule has 0 fully saturated rings. The van der Waals surface area contributed by atoms with Crippen molar-refractivity contribution >= 4 is 32.5 Å². The molecular weight excluding hydrogens is 296 g/mol. The number of aromatic hydroxyl groups is 1. The third-order valence-corrected chi connectivity index (χ3v) is 3.20. The van der Waals surface area contributed by atoms with Gasteiger partial charge in [-0.2, -0.15) is 0 Å². The fourth-order valence-corrected chi connectivity index (χ4v) is 2.25. The van der Waals surface area contributed by atoms with Gasteiger partial charge in [-0.25, -0.2) is 0 Å². The zero-order chi connectivity index (χ0) is 12.7. The molecule has 3 N–H and O–H groups in total. The van der Waals surface area contributed by atoms with E-state index in [2.05, 4.69) is 21.1 Å². The summed E-state index contributed by atoms with van der Waals surface area (Å²) in [5, 5.41) is 15.6. The van der Waals surface area contributed by atoms with Crippen molar-refractivity contribution in [2.45, 2.75) is 0 Å². The lowest BCUT2D eigenvalue weighted by molar-refractivity contribution is 0.429. The van der Waals surface area contributed by atoms with E-state index in [9.17, 15) is 5.11 Å². The minimum atomic E-state index is 0.140. The number of benzene rings is 2. The molecule has 1 heterocycles. The Hall–Kier alpha value is -2.01. The predicted octanol–water partition coefficient (Wildman–Crippen LogP) is 3.55. The van der Waals surface area contributed by atoms with Gasteiger partial charge in [0.25, 0.3) is 0 Å². The topological polar surface area (TPSA) is 72.3 Å². The van der Waals surface area contributed by atoms with E-state index in [1.54, 1.807) is 12.1 Å². The van der Waals surface area contributed by atoms with Crippen LogP contribution in [0, 0.1) is 0 Å². The molecule has 3 aromatic rings. The molecular formula is C13H9BrN2O2. The molecule has 0 radical (unpaired) electrons. The van der Waals surface area contributed by atoms with Crippen LogP contribution in [0.5, 0.6) is 5.75 Å². The maximum absolute atomic E-state index is 10.0. The SMILES string of the molecule is Nc1cc(-c2cc3cc(Br)ccc3cc2O)on1. The summed E-state index contributed by atoms with van der Waals surface area (Å²) in [6.07, 6.45) is 0. The number of anilines is 1. The Kier molecular flexibility index (Phi) is 2.48. The molecule has 0 atom stereocenters. The molecule has 0 spiro atoms. The lowest BCUT2D eigenvalue weighted by atomic mass is 10.0. The van der Waals surface area contributed by atoms with Crippen molar-refractivity contribution in [3.63, 3.8) is 0 Å². The Morgan fingerprint density at radius 1 is 1.11 bits per heavy atom. The van der Waals surface area contributed by atoms with Crippen LogP contribution in [0.25, 0.3) is 22.1 Å². The molecule has 0 amide bonds. The van der Waals surface area contributed by atoms with Gasteiger partial charge in [-0.1, -0.05) is 27.2 Å². The summed E-state index contributed by atoms with van der Waals surface area (Å²) in [5.41, 5.74) is 6.08. The van der Waals surface area contributed by atoms with Crippen LogP contribution in [0.1, 0.15) is 0 Å². The first-order valence-corrected chi connectivity index (χ1v) is 6.07. The lowest BCUT2D eigenvalue weighted by Gasteiger charge is -2.04. The maximum Gasteiger partial charge on any atom is 0.172 e. The van der Waals surface area contributed by atoms with Gasteiger partial charge >= 0.3 is 0 Å². The van der Waals surface area contributed by atoms with Gasteiger partial charge < -0.3 is 15.4 Å². The lowest BCUT2D eigenvalue weighted by Crippen LogP contribution is -1.81. The molecule has 0 aliphatic rings. The molecule has 0 saturated heterocycles. The Balaban J connectivity index is 2.26. The van der Waals surface area contributed by atoms with E-state index >= 15 is 0 Å². The Morgan fingerprint density at radius 2 is 1.94 bits per heavy atom. The van der Waals surface area contributed by atoms with Gasteiger partial charge in [-0.15, -0.1) is 0 Å². The molecule has 0 unspecified atom stereocenters. The van der Waals surface area contributed by atoms with Gasteiger partial charge in [-0.3, -0.25) is 0 Å². The van der Waals surface area contributed by atoms with E-state index < -0.39 is 0 Å². The van der Waals surface area contributed by atoms with Crippen LogP contribution in [0.3, 0.4) is 0 Å². The van der Waals surface area contributed by atoms with Gasteiger partial charge in [-0.05, 0) is 35.0 Å². The number of nitrogens with two attached hydrogens (primary N) is 1. The van der Waals surface area contributed by atoms with Crippen molar-refractivity contribution in [2.24, 2.45) is 0 Å². The first-order valence-electron chi connectivity index (χ1n) is 5.28. The van der Waals surface area contributed by atoms with E-state index in [4.69, 9.17) is 10.3 Å². The van der Waals surface area contributed by atoms with Crippen LogP contribution >= 0.6 is 15.9 Å². The minimum Gasteiger partial charge on any atom is -0.507 e. The Labute approximate surface area is 111 Å². The number of nitrogen functional groups attached to an aromatic ring is 1. The van der Waals surface area contributed by atoms with Gasteiger partial charge in [0, 0.05) is 10.5 Å². The number of nitrogens with zero attached hydrogens (tertiary/aromatic N) is 1. The largest absolute Gasteiger partial charge is 0.507 e. The molecule has 0 aliphatic carbocycles. The predicted molar refractivity (Wildman–Crippen MR) is 73.2 cm³/mol. The quantitative estimate of drug-likeness (QED) is 0.721. The third kappa shape index (κ3) is 1.82.